The number of ether oxygens (including phenoxy) is 1. The second kappa shape index (κ2) is 7.44. The van der Waals surface area contributed by atoms with Gasteiger partial charge in [-0.05, 0) is 39.3 Å². The van der Waals surface area contributed by atoms with E-state index in [1.165, 1.54) is 12.3 Å². The average Bonchev–Trinajstić information content (AvgIpc) is 2.35. The molecule has 0 bridgehead atoms. The third-order valence-corrected chi connectivity index (χ3v) is 3.61. The van der Waals surface area contributed by atoms with Gasteiger partial charge in [0.25, 0.3) is 0 Å². The Kier molecular flexibility index (Phi) is 6.16. The minimum atomic E-state index is -3.32. The van der Waals surface area contributed by atoms with E-state index in [-0.39, 0.29) is 4.90 Å². The van der Waals surface area contributed by atoms with Crippen LogP contribution in [0, 0.1) is 0 Å². The molecule has 0 fully saturated rings. The van der Waals surface area contributed by atoms with Crippen molar-refractivity contribution in [2.45, 2.75) is 37.7 Å². The molecule has 0 saturated heterocycles. The zero-order valence-corrected chi connectivity index (χ0v) is 14.2. The number of carbonyl (C=O) groups excluding carboxylic acids is 1. The Morgan fingerprint density at radius 2 is 2.00 bits per heavy atom. The summed E-state index contributed by atoms with van der Waals surface area (Å²) < 4.78 is 28.3. The van der Waals surface area contributed by atoms with Crippen molar-refractivity contribution < 1.29 is 17.9 Å². The third-order valence-electron chi connectivity index (χ3n) is 2.48. The molecule has 7 nitrogen and oxygen atoms in total. The van der Waals surface area contributed by atoms with E-state index in [2.05, 4.69) is 15.6 Å². The number of nitrogens with zero attached hydrogens (tertiary/aromatic N) is 1. The second-order valence-corrected chi connectivity index (χ2v) is 7.82. The van der Waals surface area contributed by atoms with Gasteiger partial charge in [0.2, 0.25) is 0 Å². The predicted molar refractivity (Wildman–Crippen MR) is 84.7 cm³/mol. The Balaban J connectivity index is 2.39. The molecule has 1 aromatic heterocycles. The molecule has 0 aliphatic carbocycles. The first kappa shape index (κ1) is 18.2. The largest absolute Gasteiger partial charge is 0.444 e. The second-order valence-electron chi connectivity index (χ2n) is 5.83. The topological polar surface area (TPSA) is 97.4 Å². The van der Waals surface area contributed by atoms with E-state index in [9.17, 15) is 13.2 Å². The summed E-state index contributed by atoms with van der Waals surface area (Å²) in [4.78, 5) is 15.6. The maximum atomic E-state index is 11.6. The number of rotatable bonds is 6. The molecule has 2 N–H and O–H groups in total. The molecule has 0 saturated carbocycles. The van der Waals surface area contributed by atoms with Crippen molar-refractivity contribution in [3.05, 3.63) is 18.3 Å². The summed E-state index contributed by atoms with van der Waals surface area (Å²) in [6, 6.07) is 3.08. The summed E-state index contributed by atoms with van der Waals surface area (Å²) in [6.07, 6.45) is 2.80. The van der Waals surface area contributed by atoms with Crippen LogP contribution in [0.5, 0.6) is 0 Å². The number of carbonyl (C=O) groups is 1. The molecular weight excluding hydrogens is 306 g/mol. The molecule has 8 heteroatoms. The average molecular weight is 329 g/mol. The van der Waals surface area contributed by atoms with Crippen LogP contribution in [0.15, 0.2) is 23.2 Å². The highest BCUT2D eigenvalue weighted by molar-refractivity contribution is 7.90. The highest BCUT2D eigenvalue weighted by atomic mass is 32.2. The van der Waals surface area contributed by atoms with Gasteiger partial charge in [-0.15, -0.1) is 0 Å². The van der Waals surface area contributed by atoms with Gasteiger partial charge in [-0.3, -0.25) is 0 Å². The number of nitrogens with one attached hydrogen (secondary N) is 2. The van der Waals surface area contributed by atoms with Crippen molar-refractivity contribution in [3.8, 4) is 0 Å². The number of pyridine rings is 1. The maximum absolute atomic E-state index is 11.6. The normalized spacial score (nSPS) is 11.8. The van der Waals surface area contributed by atoms with Gasteiger partial charge >= 0.3 is 6.09 Å². The summed E-state index contributed by atoms with van der Waals surface area (Å²) in [5.74, 6) is 0.322. The van der Waals surface area contributed by atoms with E-state index in [4.69, 9.17) is 4.74 Å². The molecule has 0 aliphatic heterocycles. The predicted octanol–water partition coefficient (Wildman–Crippen LogP) is 1.81. The molecule has 22 heavy (non-hydrogen) atoms. The Morgan fingerprint density at radius 3 is 2.59 bits per heavy atom. The quantitative estimate of drug-likeness (QED) is 0.773. The number of amides is 1. The Labute approximate surface area is 131 Å². The van der Waals surface area contributed by atoms with E-state index in [1.807, 2.05) is 0 Å². The van der Waals surface area contributed by atoms with Crippen LogP contribution in [0.25, 0.3) is 0 Å². The SMILES string of the molecule is CC(C)(C)OC(=O)NCCCNc1ncccc1S(C)(=O)=O. The first-order valence-corrected chi connectivity index (χ1v) is 8.84. The molecule has 1 rings (SSSR count). The van der Waals surface area contributed by atoms with Crippen LogP contribution < -0.4 is 10.6 Å². The number of aromatic nitrogens is 1. The number of alkyl carbamates (subject to hydrolysis) is 1. The highest BCUT2D eigenvalue weighted by Crippen LogP contribution is 2.17. The maximum Gasteiger partial charge on any atom is 0.407 e. The van der Waals surface area contributed by atoms with E-state index in [0.29, 0.717) is 25.3 Å². The molecule has 0 atom stereocenters. The molecule has 0 aromatic carbocycles. The lowest BCUT2D eigenvalue weighted by atomic mass is 10.2. The number of hydrogen-bond donors (Lipinski definition) is 2. The zero-order valence-electron chi connectivity index (χ0n) is 13.3. The molecule has 0 spiro atoms. The van der Waals surface area contributed by atoms with E-state index >= 15 is 0 Å². The van der Waals surface area contributed by atoms with Gasteiger partial charge in [0.15, 0.2) is 9.84 Å². The lowest BCUT2D eigenvalue weighted by Crippen LogP contribution is -2.33. The standard InChI is InChI=1S/C14H23N3O4S/c1-14(2,3)21-13(18)17-10-6-9-16-12-11(22(4,19)20)7-5-8-15-12/h5,7-8H,6,9-10H2,1-4H3,(H,15,16)(H,17,18). The summed E-state index contributed by atoms with van der Waals surface area (Å²) in [6.45, 7) is 6.28. The van der Waals surface area contributed by atoms with Crippen molar-refractivity contribution in [1.82, 2.24) is 10.3 Å². The fraction of sp³-hybridized carbons (Fsp3) is 0.571. The van der Waals surface area contributed by atoms with E-state index in [1.54, 1.807) is 26.8 Å². The van der Waals surface area contributed by atoms with Gasteiger partial charge < -0.3 is 15.4 Å². The van der Waals surface area contributed by atoms with Crippen LogP contribution in [-0.2, 0) is 14.6 Å². The smallest absolute Gasteiger partial charge is 0.407 e. The zero-order chi connectivity index (χ0) is 16.8. The van der Waals surface area contributed by atoms with Crippen LogP contribution >= 0.6 is 0 Å². The van der Waals surface area contributed by atoms with Crippen LogP contribution in [0.2, 0.25) is 0 Å². The fourth-order valence-electron chi connectivity index (χ4n) is 1.62. The monoisotopic (exact) mass is 329 g/mol. The van der Waals surface area contributed by atoms with Crippen molar-refractivity contribution in [3.63, 3.8) is 0 Å². The third kappa shape index (κ3) is 6.75. The number of anilines is 1. The van der Waals surface area contributed by atoms with Crippen LogP contribution in [0.3, 0.4) is 0 Å². The molecule has 124 valence electrons. The Bertz CT molecular complexity index is 609. The van der Waals surface area contributed by atoms with Crippen molar-refractivity contribution in [1.29, 1.82) is 0 Å². The summed E-state index contributed by atoms with van der Waals surface area (Å²) in [7, 11) is -3.32. The lowest BCUT2D eigenvalue weighted by Gasteiger charge is -2.19. The minimum Gasteiger partial charge on any atom is -0.444 e. The van der Waals surface area contributed by atoms with Crippen LogP contribution in [0.1, 0.15) is 27.2 Å². The van der Waals surface area contributed by atoms with Crippen molar-refractivity contribution in [2.24, 2.45) is 0 Å². The number of sulfone groups is 1. The van der Waals surface area contributed by atoms with Gasteiger partial charge in [0.1, 0.15) is 16.3 Å². The van der Waals surface area contributed by atoms with Crippen molar-refractivity contribution >= 4 is 21.7 Å². The fourth-order valence-corrected chi connectivity index (χ4v) is 2.42. The van der Waals surface area contributed by atoms with Crippen molar-refractivity contribution in [2.75, 3.05) is 24.7 Å². The van der Waals surface area contributed by atoms with E-state index in [0.717, 1.165) is 6.26 Å². The summed E-state index contributed by atoms with van der Waals surface area (Å²) in [5, 5.41) is 5.59. The first-order valence-electron chi connectivity index (χ1n) is 6.95. The van der Waals surface area contributed by atoms with Gasteiger partial charge in [0, 0.05) is 25.5 Å². The van der Waals surface area contributed by atoms with Crippen LogP contribution in [0.4, 0.5) is 10.6 Å². The Hall–Kier alpha value is -1.83. The highest BCUT2D eigenvalue weighted by Gasteiger charge is 2.16. The molecule has 0 radical (unpaired) electrons. The first-order chi connectivity index (χ1) is 10.1. The lowest BCUT2D eigenvalue weighted by molar-refractivity contribution is 0.0528. The minimum absolute atomic E-state index is 0.162. The number of hydrogen-bond acceptors (Lipinski definition) is 6. The van der Waals surface area contributed by atoms with Gasteiger partial charge in [-0.25, -0.2) is 18.2 Å². The molecule has 0 unspecified atom stereocenters. The summed E-state index contributed by atoms with van der Waals surface area (Å²) >= 11 is 0. The summed E-state index contributed by atoms with van der Waals surface area (Å²) in [5.41, 5.74) is -0.527. The van der Waals surface area contributed by atoms with E-state index < -0.39 is 21.5 Å². The van der Waals surface area contributed by atoms with Gasteiger partial charge in [-0.1, -0.05) is 0 Å². The van der Waals surface area contributed by atoms with Crippen LogP contribution in [-0.4, -0.2) is 44.4 Å². The molecule has 0 aliphatic rings. The molecular formula is C14H23N3O4S. The van der Waals surface area contributed by atoms with Gasteiger partial charge in [0.05, 0.1) is 0 Å². The molecule has 1 aromatic rings. The Morgan fingerprint density at radius 1 is 1.32 bits per heavy atom. The molecule has 1 amide bonds. The van der Waals surface area contributed by atoms with Gasteiger partial charge in [-0.2, -0.15) is 0 Å². The molecule has 1 heterocycles.